The highest BCUT2D eigenvalue weighted by atomic mass is 16.2. The number of fused-ring (bicyclic) bond motifs is 4. The lowest BCUT2D eigenvalue weighted by molar-refractivity contribution is 0.0947. The number of amides is 2. The maximum Gasteiger partial charge on any atom is 0.253 e. The second-order valence-corrected chi connectivity index (χ2v) is 11.3. The molecule has 0 unspecified atom stereocenters. The molecule has 6 rings (SSSR count). The number of carbonyl (C=O) groups excluding carboxylic acids is 2. The van der Waals surface area contributed by atoms with E-state index >= 15 is 0 Å². The molecule has 4 aromatic carbocycles. The minimum Gasteiger partial charge on any atom is -0.352 e. The number of hydrogen-bond donors (Lipinski definition) is 2. The number of para-hydroxylation sites is 2. The number of aryl methyl sites for hydroxylation is 2. The molecular weight excluding hydrogens is 550 g/mol. The van der Waals surface area contributed by atoms with Crippen LogP contribution in [0.1, 0.15) is 44.7 Å². The zero-order valence-corrected chi connectivity index (χ0v) is 25.2. The molecule has 44 heavy (non-hydrogen) atoms. The van der Waals surface area contributed by atoms with Gasteiger partial charge < -0.3 is 15.5 Å². The molecule has 0 fully saturated rings. The van der Waals surface area contributed by atoms with Gasteiger partial charge in [0, 0.05) is 13.1 Å². The lowest BCUT2D eigenvalue weighted by atomic mass is 10.1. The van der Waals surface area contributed by atoms with Crippen molar-refractivity contribution >= 4 is 55.9 Å². The topological polar surface area (TPSA) is 113 Å². The van der Waals surface area contributed by atoms with Crippen LogP contribution in [-0.2, 0) is 0 Å². The van der Waals surface area contributed by atoms with E-state index in [1.807, 2.05) is 81.6 Å². The Bertz CT molecular complexity index is 1880. The number of benzene rings is 4. The van der Waals surface area contributed by atoms with Crippen LogP contribution in [0.3, 0.4) is 0 Å². The molecule has 9 nitrogen and oxygen atoms in total. The van der Waals surface area contributed by atoms with Crippen molar-refractivity contribution in [3.8, 4) is 0 Å². The molecule has 222 valence electrons. The smallest absolute Gasteiger partial charge is 0.253 e. The summed E-state index contributed by atoms with van der Waals surface area (Å²) in [7, 11) is 2.05. The molecule has 6 aromatic rings. The van der Waals surface area contributed by atoms with Gasteiger partial charge in [-0.3, -0.25) is 9.59 Å². The molecule has 2 amide bonds. The predicted octanol–water partition coefficient (Wildman–Crippen LogP) is 5.37. The summed E-state index contributed by atoms with van der Waals surface area (Å²) in [4.78, 5) is 47.1. The Kier molecular flexibility index (Phi) is 8.38. The van der Waals surface area contributed by atoms with Crippen LogP contribution in [0.25, 0.3) is 44.1 Å². The van der Waals surface area contributed by atoms with Crippen LogP contribution < -0.4 is 10.6 Å². The first-order valence-electron chi connectivity index (χ1n) is 14.9. The van der Waals surface area contributed by atoms with Crippen molar-refractivity contribution in [3.63, 3.8) is 0 Å². The summed E-state index contributed by atoms with van der Waals surface area (Å²) in [5.41, 5.74) is 9.13. The Hall–Kier alpha value is -5.02. The van der Waals surface area contributed by atoms with Gasteiger partial charge >= 0.3 is 0 Å². The molecule has 0 aliphatic rings. The fraction of sp³-hybridized carbons (Fsp3) is 0.257. The van der Waals surface area contributed by atoms with Crippen LogP contribution in [0, 0.1) is 13.8 Å². The van der Waals surface area contributed by atoms with Crippen molar-refractivity contribution in [1.29, 1.82) is 0 Å². The summed E-state index contributed by atoms with van der Waals surface area (Å²) in [6.07, 6.45) is 1.60. The Balaban J connectivity index is 0.962. The predicted molar refractivity (Wildman–Crippen MR) is 175 cm³/mol. The Morgan fingerprint density at radius 3 is 1.50 bits per heavy atom. The highest BCUT2D eigenvalue weighted by molar-refractivity contribution is 6.07. The highest BCUT2D eigenvalue weighted by Crippen LogP contribution is 2.22. The van der Waals surface area contributed by atoms with Gasteiger partial charge in [0.2, 0.25) is 0 Å². The quantitative estimate of drug-likeness (QED) is 0.164. The van der Waals surface area contributed by atoms with Gasteiger partial charge in [0.15, 0.2) is 0 Å². The molecule has 0 spiro atoms. The normalized spacial score (nSPS) is 11.5. The molecule has 2 N–H and O–H groups in total. The number of hydrogen-bond acceptors (Lipinski definition) is 7. The van der Waals surface area contributed by atoms with E-state index in [-0.39, 0.29) is 11.8 Å². The van der Waals surface area contributed by atoms with Gasteiger partial charge in [0.25, 0.3) is 11.8 Å². The minimum atomic E-state index is -0.150. The van der Waals surface area contributed by atoms with Gasteiger partial charge in [-0.05, 0) is 106 Å². The first kappa shape index (κ1) is 29.1. The maximum absolute atomic E-state index is 13.0. The van der Waals surface area contributed by atoms with Gasteiger partial charge in [0.1, 0.15) is 11.0 Å². The highest BCUT2D eigenvalue weighted by Gasteiger charge is 2.14. The summed E-state index contributed by atoms with van der Waals surface area (Å²) in [6, 6.07) is 22.9. The summed E-state index contributed by atoms with van der Waals surface area (Å²) in [6.45, 7) is 6.78. The van der Waals surface area contributed by atoms with E-state index in [0.717, 1.165) is 59.1 Å². The van der Waals surface area contributed by atoms with Crippen molar-refractivity contribution in [2.75, 3.05) is 33.2 Å². The summed E-state index contributed by atoms with van der Waals surface area (Å²) in [5.74, 6) is -0.300. The van der Waals surface area contributed by atoms with Crippen LogP contribution in [0.2, 0.25) is 0 Å². The van der Waals surface area contributed by atoms with Crippen LogP contribution in [0.4, 0.5) is 0 Å². The summed E-state index contributed by atoms with van der Waals surface area (Å²) >= 11 is 0. The lowest BCUT2D eigenvalue weighted by Crippen LogP contribution is -2.31. The standard InChI is InChI=1S/C35H35N7O2/c1-22-12-14-26-30(20-22)38-28-10-4-8-24(32(28)40-26)34(43)36-16-6-18-42(3)19-7-17-37-35(44)25-9-5-11-29-33(25)41-27-15-13-23(2)21-31(27)39-29/h4-5,8-15,20-21H,6-7,16-19H2,1-3H3,(H,36,43)(H,37,44). The van der Waals surface area contributed by atoms with E-state index in [4.69, 9.17) is 19.9 Å². The third-order valence-electron chi connectivity index (χ3n) is 7.73. The van der Waals surface area contributed by atoms with Gasteiger partial charge in [0.05, 0.1) is 44.2 Å². The Morgan fingerprint density at radius 1 is 0.591 bits per heavy atom. The molecule has 2 heterocycles. The van der Waals surface area contributed by atoms with Crippen LogP contribution in [-0.4, -0.2) is 69.9 Å². The van der Waals surface area contributed by atoms with E-state index in [1.165, 1.54) is 0 Å². The molecule has 9 heteroatoms. The van der Waals surface area contributed by atoms with E-state index in [0.29, 0.717) is 46.3 Å². The molecule has 0 saturated heterocycles. The van der Waals surface area contributed by atoms with E-state index < -0.39 is 0 Å². The van der Waals surface area contributed by atoms with Crippen LogP contribution >= 0.6 is 0 Å². The summed E-state index contributed by atoms with van der Waals surface area (Å²) in [5, 5.41) is 6.06. The molecule has 0 aliphatic heterocycles. The molecule has 0 saturated carbocycles. The Morgan fingerprint density at radius 2 is 1.05 bits per heavy atom. The molecule has 0 radical (unpaired) electrons. The van der Waals surface area contributed by atoms with Crippen molar-refractivity contribution in [2.45, 2.75) is 26.7 Å². The maximum atomic E-state index is 13.0. The monoisotopic (exact) mass is 585 g/mol. The molecule has 2 aromatic heterocycles. The first-order chi connectivity index (χ1) is 21.4. The second-order valence-electron chi connectivity index (χ2n) is 11.3. The zero-order valence-electron chi connectivity index (χ0n) is 25.2. The zero-order chi connectivity index (χ0) is 30.6. The van der Waals surface area contributed by atoms with Crippen molar-refractivity contribution in [3.05, 3.63) is 95.1 Å². The van der Waals surface area contributed by atoms with Crippen molar-refractivity contribution in [1.82, 2.24) is 35.5 Å². The fourth-order valence-corrected chi connectivity index (χ4v) is 5.38. The van der Waals surface area contributed by atoms with E-state index in [9.17, 15) is 9.59 Å². The number of carbonyl (C=O) groups is 2. The average molecular weight is 586 g/mol. The fourth-order valence-electron chi connectivity index (χ4n) is 5.38. The average Bonchev–Trinajstić information content (AvgIpc) is 3.02. The summed E-state index contributed by atoms with van der Waals surface area (Å²) < 4.78 is 0. The third kappa shape index (κ3) is 6.33. The van der Waals surface area contributed by atoms with Crippen molar-refractivity contribution in [2.24, 2.45) is 0 Å². The van der Waals surface area contributed by atoms with Gasteiger partial charge in [-0.15, -0.1) is 0 Å². The van der Waals surface area contributed by atoms with Crippen LogP contribution in [0.5, 0.6) is 0 Å². The first-order valence-corrected chi connectivity index (χ1v) is 14.9. The van der Waals surface area contributed by atoms with Crippen molar-refractivity contribution < 1.29 is 9.59 Å². The van der Waals surface area contributed by atoms with Gasteiger partial charge in [-0.25, -0.2) is 19.9 Å². The molecule has 0 atom stereocenters. The molecular formula is C35H35N7O2. The number of rotatable bonds is 10. The van der Waals surface area contributed by atoms with E-state index in [2.05, 4.69) is 15.5 Å². The second kappa shape index (κ2) is 12.7. The van der Waals surface area contributed by atoms with Gasteiger partial charge in [-0.1, -0.05) is 24.3 Å². The lowest BCUT2D eigenvalue weighted by Gasteiger charge is -2.17. The van der Waals surface area contributed by atoms with Crippen LogP contribution in [0.15, 0.2) is 72.8 Å². The molecule has 0 bridgehead atoms. The minimum absolute atomic E-state index is 0.150. The van der Waals surface area contributed by atoms with Gasteiger partial charge in [-0.2, -0.15) is 0 Å². The number of nitrogens with one attached hydrogen (secondary N) is 2. The Labute approximate surface area is 255 Å². The molecule has 0 aliphatic carbocycles. The van der Waals surface area contributed by atoms with E-state index in [1.54, 1.807) is 12.1 Å². The largest absolute Gasteiger partial charge is 0.352 e. The number of aromatic nitrogens is 4. The third-order valence-corrected chi connectivity index (χ3v) is 7.73. The number of nitrogens with zero attached hydrogens (tertiary/aromatic N) is 5. The SMILES string of the molecule is Cc1ccc2nc3c(C(=O)NCCCN(C)CCCNC(=O)c4cccc5nc6cc(C)ccc6nc45)cccc3nc2c1.